The van der Waals surface area contributed by atoms with Gasteiger partial charge in [-0.25, -0.2) is 0 Å². The zero-order chi connectivity index (χ0) is 13.0. The average Bonchev–Trinajstić information content (AvgIpc) is 2.37. The second-order valence-electron chi connectivity index (χ2n) is 5.32. The molecule has 0 atom stereocenters. The Morgan fingerprint density at radius 3 is 2.72 bits per heavy atom. The summed E-state index contributed by atoms with van der Waals surface area (Å²) in [5.74, 6) is 0.345. The van der Waals surface area contributed by atoms with Crippen molar-refractivity contribution in [2.24, 2.45) is 11.7 Å². The van der Waals surface area contributed by atoms with E-state index in [2.05, 4.69) is 24.4 Å². The van der Waals surface area contributed by atoms with E-state index in [0.29, 0.717) is 12.6 Å². The predicted molar refractivity (Wildman–Crippen MR) is 73.0 cm³/mol. The summed E-state index contributed by atoms with van der Waals surface area (Å²) in [4.78, 5) is 12.0. The summed E-state index contributed by atoms with van der Waals surface area (Å²) < 4.78 is 0. The van der Waals surface area contributed by atoms with Crippen molar-refractivity contribution in [3.8, 4) is 0 Å². The van der Waals surface area contributed by atoms with Crippen LogP contribution in [-0.4, -0.2) is 11.9 Å². The van der Waals surface area contributed by atoms with Crippen LogP contribution in [0.15, 0.2) is 24.3 Å². The van der Waals surface area contributed by atoms with Crippen LogP contribution < -0.4 is 11.1 Å². The lowest BCUT2D eigenvalue weighted by molar-refractivity contribution is -0.126. The maximum absolute atomic E-state index is 12.0. The largest absolute Gasteiger partial charge is 0.352 e. The lowest BCUT2D eigenvalue weighted by Crippen LogP contribution is -2.35. The van der Waals surface area contributed by atoms with Crippen molar-refractivity contribution in [3.63, 3.8) is 0 Å². The van der Waals surface area contributed by atoms with Crippen molar-refractivity contribution < 1.29 is 4.79 Å². The summed E-state index contributed by atoms with van der Waals surface area (Å²) >= 11 is 0. The van der Waals surface area contributed by atoms with Crippen molar-refractivity contribution in [2.75, 3.05) is 0 Å². The molecule has 3 heteroatoms. The molecule has 1 aliphatic rings. The van der Waals surface area contributed by atoms with E-state index in [0.717, 1.165) is 31.2 Å². The van der Waals surface area contributed by atoms with E-state index in [1.807, 2.05) is 12.1 Å². The van der Waals surface area contributed by atoms with Crippen molar-refractivity contribution >= 4 is 5.91 Å². The minimum atomic E-state index is 0.162. The number of aryl methyl sites for hydroxylation is 1. The standard InChI is InChI=1S/C15H22N2O/c1-11-3-2-4-12(9-11)10-17-15(18)13-5-7-14(16)8-6-13/h2-4,9,13-14H,5-8,10,16H2,1H3,(H,17,18). The van der Waals surface area contributed by atoms with E-state index in [4.69, 9.17) is 5.73 Å². The molecule has 0 spiro atoms. The Bertz CT molecular complexity index is 409. The van der Waals surface area contributed by atoms with Crippen LogP contribution in [0, 0.1) is 12.8 Å². The molecule has 0 aromatic heterocycles. The Balaban J connectivity index is 1.81. The third kappa shape index (κ3) is 3.57. The maximum atomic E-state index is 12.0. The third-order valence-corrected chi connectivity index (χ3v) is 3.69. The Morgan fingerprint density at radius 1 is 1.33 bits per heavy atom. The van der Waals surface area contributed by atoms with Gasteiger partial charge in [-0.15, -0.1) is 0 Å². The molecule has 1 aromatic carbocycles. The SMILES string of the molecule is Cc1cccc(CNC(=O)C2CCC(N)CC2)c1. The van der Waals surface area contributed by atoms with Gasteiger partial charge >= 0.3 is 0 Å². The molecule has 18 heavy (non-hydrogen) atoms. The van der Waals surface area contributed by atoms with Gasteiger partial charge < -0.3 is 11.1 Å². The summed E-state index contributed by atoms with van der Waals surface area (Å²) in [5, 5.41) is 3.03. The predicted octanol–water partition coefficient (Wildman–Crippen LogP) is 2.13. The molecule has 98 valence electrons. The molecule has 3 N–H and O–H groups in total. The number of rotatable bonds is 3. The summed E-state index contributed by atoms with van der Waals surface area (Å²) in [6, 6.07) is 8.54. The van der Waals surface area contributed by atoms with Crippen molar-refractivity contribution in [1.29, 1.82) is 0 Å². The number of carbonyl (C=O) groups excluding carboxylic acids is 1. The van der Waals surface area contributed by atoms with Gasteiger partial charge in [0.05, 0.1) is 0 Å². The fraction of sp³-hybridized carbons (Fsp3) is 0.533. The molecule has 1 saturated carbocycles. The van der Waals surface area contributed by atoms with Crippen LogP contribution in [0.25, 0.3) is 0 Å². The van der Waals surface area contributed by atoms with Gasteiger partial charge in [-0.05, 0) is 38.2 Å². The number of nitrogens with two attached hydrogens (primary N) is 1. The molecular formula is C15H22N2O. The molecule has 1 fully saturated rings. The molecule has 0 heterocycles. The van der Waals surface area contributed by atoms with Crippen molar-refractivity contribution in [3.05, 3.63) is 35.4 Å². The monoisotopic (exact) mass is 246 g/mol. The van der Waals surface area contributed by atoms with Crippen LogP contribution in [0.5, 0.6) is 0 Å². The third-order valence-electron chi connectivity index (χ3n) is 3.69. The highest BCUT2D eigenvalue weighted by Gasteiger charge is 2.24. The maximum Gasteiger partial charge on any atom is 0.223 e. The highest BCUT2D eigenvalue weighted by atomic mass is 16.1. The first-order valence-electron chi connectivity index (χ1n) is 6.74. The fourth-order valence-corrected chi connectivity index (χ4v) is 2.54. The molecule has 1 aliphatic carbocycles. The second kappa shape index (κ2) is 6.01. The number of benzene rings is 1. The fourth-order valence-electron chi connectivity index (χ4n) is 2.54. The van der Waals surface area contributed by atoms with Crippen LogP contribution in [-0.2, 0) is 11.3 Å². The molecule has 0 unspecified atom stereocenters. The van der Waals surface area contributed by atoms with E-state index in [1.54, 1.807) is 0 Å². The minimum Gasteiger partial charge on any atom is -0.352 e. The van der Waals surface area contributed by atoms with Gasteiger partial charge in [0.1, 0.15) is 0 Å². The van der Waals surface area contributed by atoms with E-state index >= 15 is 0 Å². The highest BCUT2D eigenvalue weighted by molar-refractivity contribution is 5.78. The van der Waals surface area contributed by atoms with E-state index in [1.165, 1.54) is 5.56 Å². The zero-order valence-electron chi connectivity index (χ0n) is 11.0. The second-order valence-corrected chi connectivity index (χ2v) is 5.32. The van der Waals surface area contributed by atoms with Gasteiger partial charge in [0.15, 0.2) is 0 Å². The Kier molecular flexibility index (Phi) is 4.37. The Labute approximate surface area is 109 Å². The van der Waals surface area contributed by atoms with Gasteiger partial charge in [-0.1, -0.05) is 29.8 Å². The number of hydrogen-bond donors (Lipinski definition) is 2. The molecule has 0 saturated heterocycles. The molecule has 1 aromatic rings. The normalized spacial score (nSPS) is 23.7. The van der Waals surface area contributed by atoms with Crippen molar-refractivity contribution in [1.82, 2.24) is 5.32 Å². The first kappa shape index (κ1) is 13.1. The average molecular weight is 246 g/mol. The number of amides is 1. The van der Waals surface area contributed by atoms with Gasteiger partial charge in [0.25, 0.3) is 0 Å². The molecule has 0 radical (unpaired) electrons. The molecular weight excluding hydrogens is 224 g/mol. The van der Waals surface area contributed by atoms with Gasteiger partial charge in [0.2, 0.25) is 5.91 Å². The molecule has 0 aliphatic heterocycles. The molecule has 0 bridgehead atoms. The van der Waals surface area contributed by atoms with Gasteiger partial charge in [-0.3, -0.25) is 4.79 Å². The van der Waals surface area contributed by atoms with E-state index in [9.17, 15) is 4.79 Å². The molecule has 1 amide bonds. The lowest BCUT2D eigenvalue weighted by Gasteiger charge is -2.25. The van der Waals surface area contributed by atoms with Crippen LogP contribution >= 0.6 is 0 Å². The highest BCUT2D eigenvalue weighted by Crippen LogP contribution is 2.23. The lowest BCUT2D eigenvalue weighted by atomic mass is 9.86. The quantitative estimate of drug-likeness (QED) is 0.858. The van der Waals surface area contributed by atoms with Gasteiger partial charge in [0, 0.05) is 18.5 Å². The van der Waals surface area contributed by atoms with E-state index < -0.39 is 0 Å². The van der Waals surface area contributed by atoms with Crippen LogP contribution in [0.1, 0.15) is 36.8 Å². The van der Waals surface area contributed by atoms with Gasteiger partial charge in [-0.2, -0.15) is 0 Å². The smallest absolute Gasteiger partial charge is 0.223 e. The van der Waals surface area contributed by atoms with Crippen LogP contribution in [0.4, 0.5) is 0 Å². The molecule has 3 nitrogen and oxygen atoms in total. The summed E-state index contributed by atoms with van der Waals surface area (Å²) in [7, 11) is 0. The number of carbonyl (C=O) groups is 1. The number of hydrogen-bond acceptors (Lipinski definition) is 2. The topological polar surface area (TPSA) is 55.1 Å². The Morgan fingerprint density at radius 2 is 2.06 bits per heavy atom. The summed E-state index contributed by atoms with van der Waals surface area (Å²) in [6.45, 7) is 2.69. The van der Waals surface area contributed by atoms with E-state index in [-0.39, 0.29) is 11.8 Å². The Hall–Kier alpha value is -1.35. The number of nitrogens with one attached hydrogen (secondary N) is 1. The first-order valence-corrected chi connectivity index (χ1v) is 6.74. The molecule has 2 rings (SSSR count). The van der Waals surface area contributed by atoms with Crippen LogP contribution in [0.3, 0.4) is 0 Å². The summed E-state index contributed by atoms with van der Waals surface area (Å²) in [5.41, 5.74) is 8.24. The minimum absolute atomic E-state index is 0.162. The summed E-state index contributed by atoms with van der Waals surface area (Å²) in [6.07, 6.45) is 3.81. The first-order chi connectivity index (χ1) is 8.65. The van der Waals surface area contributed by atoms with Crippen LogP contribution in [0.2, 0.25) is 0 Å². The van der Waals surface area contributed by atoms with Crippen molar-refractivity contribution in [2.45, 2.75) is 45.2 Å². The zero-order valence-corrected chi connectivity index (χ0v) is 11.0.